The first-order valence-electron chi connectivity index (χ1n) is 7.76. The first-order chi connectivity index (χ1) is 10.2. The van der Waals surface area contributed by atoms with Gasteiger partial charge in [0.25, 0.3) is 0 Å². The molecular formula is C17H26N4. The maximum Gasteiger partial charge on any atom is 0.0492 e. The average molecular weight is 286 g/mol. The minimum Gasteiger partial charge on any atom is -0.372 e. The van der Waals surface area contributed by atoms with Gasteiger partial charge in [-0.05, 0) is 37.6 Å². The van der Waals surface area contributed by atoms with Crippen LogP contribution in [0.15, 0.2) is 36.5 Å². The fraction of sp³-hybridized carbons (Fsp3) is 0.471. The van der Waals surface area contributed by atoms with E-state index in [9.17, 15) is 0 Å². The van der Waals surface area contributed by atoms with Crippen LogP contribution in [0.2, 0.25) is 0 Å². The summed E-state index contributed by atoms with van der Waals surface area (Å²) in [6.45, 7) is 8.38. The Bertz CT molecular complexity index is 526. The van der Waals surface area contributed by atoms with E-state index in [0.29, 0.717) is 0 Å². The smallest absolute Gasteiger partial charge is 0.0492 e. The molecule has 0 aliphatic rings. The highest BCUT2D eigenvalue weighted by molar-refractivity contribution is 5.47. The number of anilines is 1. The lowest BCUT2D eigenvalue weighted by atomic mass is 10.2. The number of nitrogens with one attached hydrogen (secondary N) is 1. The van der Waals surface area contributed by atoms with Gasteiger partial charge in [0.2, 0.25) is 0 Å². The lowest BCUT2D eigenvalue weighted by Gasteiger charge is -2.21. The number of rotatable bonds is 8. The lowest BCUT2D eigenvalue weighted by Crippen LogP contribution is -2.22. The zero-order valence-corrected chi connectivity index (χ0v) is 13.3. The van der Waals surface area contributed by atoms with E-state index in [2.05, 4.69) is 59.5 Å². The quantitative estimate of drug-likeness (QED) is 0.757. The van der Waals surface area contributed by atoms with Crippen molar-refractivity contribution in [2.75, 3.05) is 24.5 Å². The molecule has 0 saturated heterocycles. The van der Waals surface area contributed by atoms with Gasteiger partial charge >= 0.3 is 0 Å². The Hall–Kier alpha value is -1.81. The molecule has 4 nitrogen and oxygen atoms in total. The van der Waals surface area contributed by atoms with Crippen LogP contribution in [-0.2, 0) is 20.0 Å². The highest BCUT2D eigenvalue weighted by Gasteiger charge is 2.02. The van der Waals surface area contributed by atoms with Crippen molar-refractivity contribution >= 4 is 5.69 Å². The molecule has 0 radical (unpaired) electrons. The fourth-order valence-electron chi connectivity index (χ4n) is 2.51. The van der Waals surface area contributed by atoms with Crippen LogP contribution in [0.1, 0.15) is 25.1 Å². The second-order valence-electron chi connectivity index (χ2n) is 5.21. The van der Waals surface area contributed by atoms with E-state index in [0.717, 1.165) is 32.6 Å². The molecule has 21 heavy (non-hydrogen) atoms. The third kappa shape index (κ3) is 4.33. The molecule has 0 fully saturated rings. The summed E-state index contributed by atoms with van der Waals surface area (Å²) in [6.07, 6.45) is 2.86. The Kier molecular flexibility index (Phi) is 5.81. The van der Waals surface area contributed by atoms with Crippen molar-refractivity contribution in [2.45, 2.75) is 26.8 Å². The fourth-order valence-corrected chi connectivity index (χ4v) is 2.51. The summed E-state index contributed by atoms with van der Waals surface area (Å²) in [4.78, 5) is 2.36. The molecular weight excluding hydrogens is 260 g/mol. The summed E-state index contributed by atoms with van der Waals surface area (Å²) in [7, 11) is 1.99. The van der Waals surface area contributed by atoms with E-state index >= 15 is 0 Å². The van der Waals surface area contributed by atoms with Crippen LogP contribution in [0, 0.1) is 0 Å². The Morgan fingerprint density at radius 3 is 2.38 bits per heavy atom. The Morgan fingerprint density at radius 1 is 1.10 bits per heavy atom. The molecule has 0 bridgehead atoms. The van der Waals surface area contributed by atoms with E-state index in [1.165, 1.54) is 16.9 Å². The molecule has 1 heterocycles. The summed E-state index contributed by atoms with van der Waals surface area (Å²) in [6, 6.07) is 10.9. The van der Waals surface area contributed by atoms with Crippen LogP contribution in [0.3, 0.4) is 0 Å². The van der Waals surface area contributed by atoms with Gasteiger partial charge in [0, 0.05) is 57.2 Å². The standard InChI is InChI=1S/C17H26N4/c1-4-21(5-2)17-8-6-15(7-9-17)14-18-12-10-16-11-13-19-20(16)3/h6-9,11,13,18H,4-5,10,12,14H2,1-3H3. The Balaban J connectivity index is 1.77. The highest BCUT2D eigenvalue weighted by atomic mass is 15.3. The monoisotopic (exact) mass is 286 g/mol. The number of hydrogen-bond donors (Lipinski definition) is 1. The van der Waals surface area contributed by atoms with Crippen molar-refractivity contribution in [1.29, 1.82) is 0 Å². The topological polar surface area (TPSA) is 33.1 Å². The van der Waals surface area contributed by atoms with Crippen molar-refractivity contribution in [3.05, 3.63) is 47.8 Å². The molecule has 0 spiro atoms. The molecule has 1 aromatic heterocycles. The predicted octanol–water partition coefficient (Wildman–Crippen LogP) is 2.60. The third-order valence-electron chi connectivity index (χ3n) is 3.87. The van der Waals surface area contributed by atoms with Crippen LogP contribution in [0.25, 0.3) is 0 Å². The van der Waals surface area contributed by atoms with Crippen LogP contribution < -0.4 is 10.2 Å². The number of hydrogen-bond acceptors (Lipinski definition) is 3. The van der Waals surface area contributed by atoms with Gasteiger partial charge in [-0.1, -0.05) is 12.1 Å². The molecule has 1 N–H and O–H groups in total. The van der Waals surface area contributed by atoms with Gasteiger partial charge in [-0.2, -0.15) is 5.10 Å². The van der Waals surface area contributed by atoms with Crippen LogP contribution in [0.5, 0.6) is 0 Å². The summed E-state index contributed by atoms with van der Waals surface area (Å²) in [5.74, 6) is 0. The minimum atomic E-state index is 0.913. The van der Waals surface area contributed by atoms with Gasteiger partial charge in [-0.15, -0.1) is 0 Å². The van der Waals surface area contributed by atoms with Gasteiger partial charge in [-0.25, -0.2) is 0 Å². The Morgan fingerprint density at radius 2 is 1.81 bits per heavy atom. The zero-order chi connectivity index (χ0) is 15.1. The molecule has 0 atom stereocenters. The van der Waals surface area contributed by atoms with Gasteiger partial charge in [0.15, 0.2) is 0 Å². The van der Waals surface area contributed by atoms with Crippen LogP contribution in [0.4, 0.5) is 5.69 Å². The molecule has 0 unspecified atom stereocenters. The first-order valence-corrected chi connectivity index (χ1v) is 7.76. The SMILES string of the molecule is CCN(CC)c1ccc(CNCCc2ccnn2C)cc1. The zero-order valence-electron chi connectivity index (χ0n) is 13.3. The van der Waals surface area contributed by atoms with Crippen molar-refractivity contribution in [1.82, 2.24) is 15.1 Å². The van der Waals surface area contributed by atoms with E-state index in [4.69, 9.17) is 0 Å². The third-order valence-corrected chi connectivity index (χ3v) is 3.87. The second kappa shape index (κ2) is 7.84. The molecule has 0 amide bonds. The van der Waals surface area contributed by atoms with Crippen molar-refractivity contribution in [2.24, 2.45) is 7.05 Å². The molecule has 0 saturated carbocycles. The largest absolute Gasteiger partial charge is 0.372 e. The van der Waals surface area contributed by atoms with Gasteiger partial charge in [0.05, 0.1) is 0 Å². The second-order valence-corrected chi connectivity index (χ2v) is 5.21. The maximum absolute atomic E-state index is 4.18. The molecule has 0 aliphatic heterocycles. The van der Waals surface area contributed by atoms with Crippen LogP contribution in [-0.4, -0.2) is 29.4 Å². The van der Waals surface area contributed by atoms with Crippen molar-refractivity contribution in [3.8, 4) is 0 Å². The Labute approximate surface area is 127 Å². The lowest BCUT2D eigenvalue weighted by molar-refractivity contribution is 0.643. The molecule has 2 aromatic rings. The summed E-state index contributed by atoms with van der Waals surface area (Å²) in [5, 5.41) is 7.67. The van der Waals surface area contributed by atoms with E-state index < -0.39 is 0 Å². The molecule has 114 valence electrons. The minimum absolute atomic E-state index is 0.913. The summed E-state index contributed by atoms with van der Waals surface area (Å²) in [5.41, 5.74) is 3.90. The highest BCUT2D eigenvalue weighted by Crippen LogP contribution is 2.14. The molecule has 1 aromatic carbocycles. The molecule has 0 aliphatic carbocycles. The predicted molar refractivity (Wildman–Crippen MR) is 88.6 cm³/mol. The number of nitrogens with zero attached hydrogens (tertiary/aromatic N) is 3. The summed E-state index contributed by atoms with van der Waals surface area (Å²) >= 11 is 0. The molecule has 4 heteroatoms. The average Bonchev–Trinajstić information content (AvgIpc) is 2.92. The van der Waals surface area contributed by atoms with Gasteiger partial charge in [-0.3, -0.25) is 4.68 Å². The van der Waals surface area contributed by atoms with Crippen LogP contribution >= 0.6 is 0 Å². The molecule has 2 rings (SSSR count). The van der Waals surface area contributed by atoms with E-state index in [1.807, 2.05) is 17.9 Å². The van der Waals surface area contributed by atoms with E-state index in [1.54, 1.807) is 0 Å². The van der Waals surface area contributed by atoms with Crippen molar-refractivity contribution in [3.63, 3.8) is 0 Å². The maximum atomic E-state index is 4.18. The van der Waals surface area contributed by atoms with Gasteiger partial charge in [0.1, 0.15) is 0 Å². The number of benzene rings is 1. The van der Waals surface area contributed by atoms with Gasteiger partial charge < -0.3 is 10.2 Å². The van der Waals surface area contributed by atoms with Crippen molar-refractivity contribution < 1.29 is 0 Å². The normalized spacial score (nSPS) is 10.8. The van der Waals surface area contributed by atoms with E-state index in [-0.39, 0.29) is 0 Å². The summed E-state index contributed by atoms with van der Waals surface area (Å²) < 4.78 is 1.93. The number of aryl methyl sites for hydroxylation is 1. The number of aromatic nitrogens is 2. The first kappa shape index (κ1) is 15.6.